The number of hydrogen-bond acceptors (Lipinski definition) is 14. The molecule has 0 saturated carbocycles. The van der Waals surface area contributed by atoms with Crippen molar-refractivity contribution in [3.63, 3.8) is 0 Å². The predicted octanol–water partition coefficient (Wildman–Crippen LogP) is -1.18. The van der Waals surface area contributed by atoms with Gasteiger partial charge in [0.2, 0.25) is 17.7 Å². The summed E-state index contributed by atoms with van der Waals surface area (Å²) < 4.78 is 42.8. The van der Waals surface area contributed by atoms with Gasteiger partial charge in [-0.3, -0.25) is 33.7 Å². The molecule has 0 aliphatic carbocycles. The van der Waals surface area contributed by atoms with E-state index in [-0.39, 0.29) is 70.7 Å². The number of hydrogen-bond donors (Lipinski definition) is 4. The molecule has 1 heterocycles. The number of carboxylic acids is 1. The largest absolute Gasteiger partial charge is 0.481 e. The zero-order chi connectivity index (χ0) is 38.8. The number of carbonyl (C=O) groups is 6. The fourth-order valence-corrected chi connectivity index (χ4v) is 4.35. The summed E-state index contributed by atoms with van der Waals surface area (Å²) >= 11 is 0. The standard InChI is InChI=1S/C34H58N4O15/c1-46-14-15-48-18-19-50-22-23-52-26-27-53-25-24-51-21-20-49-17-16-47-13-11-35-29(39)7-6-28(34(45)36-10-2-5-33(43)44)37-30(40)4-3-12-38-31(41)8-9-32(38)42/h8-9,28H,2-7,10-27H2,1H3,(H,35,39)(H,36,45)(H,37,40)(H,43,44)/t28-/m0/s1. The van der Waals surface area contributed by atoms with Gasteiger partial charge < -0.3 is 59.0 Å². The third-order valence-electron chi connectivity index (χ3n) is 7.10. The summed E-state index contributed by atoms with van der Waals surface area (Å²) in [6, 6.07) is -1.04. The Kier molecular flexibility index (Phi) is 29.6. The van der Waals surface area contributed by atoms with E-state index in [4.69, 9.17) is 43.0 Å². The maximum atomic E-state index is 12.7. The van der Waals surface area contributed by atoms with Crippen LogP contribution < -0.4 is 16.0 Å². The van der Waals surface area contributed by atoms with Gasteiger partial charge in [-0.05, 0) is 19.3 Å². The number of methoxy groups -OCH3 is 1. The fraction of sp³-hybridized carbons (Fsp3) is 0.765. The summed E-state index contributed by atoms with van der Waals surface area (Å²) in [5.41, 5.74) is 0. The molecule has 1 atom stereocenters. The molecular weight excluding hydrogens is 704 g/mol. The molecule has 1 aliphatic heterocycles. The van der Waals surface area contributed by atoms with Gasteiger partial charge in [0.1, 0.15) is 6.04 Å². The van der Waals surface area contributed by atoms with E-state index in [2.05, 4.69) is 16.0 Å². The van der Waals surface area contributed by atoms with Crippen molar-refractivity contribution >= 4 is 35.5 Å². The van der Waals surface area contributed by atoms with Crippen LogP contribution in [0.1, 0.15) is 38.5 Å². The van der Waals surface area contributed by atoms with Crippen LogP contribution in [0.3, 0.4) is 0 Å². The maximum Gasteiger partial charge on any atom is 0.303 e. The van der Waals surface area contributed by atoms with Crippen molar-refractivity contribution < 1.29 is 71.8 Å². The van der Waals surface area contributed by atoms with E-state index in [0.717, 1.165) is 17.1 Å². The molecule has 1 rings (SSSR count). The van der Waals surface area contributed by atoms with Crippen molar-refractivity contribution in [2.45, 2.75) is 44.6 Å². The van der Waals surface area contributed by atoms with Crippen LogP contribution in [0, 0.1) is 0 Å². The molecule has 0 fully saturated rings. The molecule has 0 aromatic carbocycles. The second-order valence-corrected chi connectivity index (χ2v) is 11.3. The maximum absolute atomic E-state index is 12.7. The lowest BCUT2D eigenvalue weighted by atomic mass is 10.1. The normalized spacial score (nSPS) is 13.0. The minimum absolute atomic E-state index is 0.00387. The average molecular weight is 763 g/mol. The molecule has 0 unspecified atom stereocenters. The Morgan fingerprint density at radius 3 is 1.55 bits per heavy atom. The molecule has 19 nitrogen and oxygen atoms in total. The number of rotatable bonds is 37. The monoisotopic (exact) mass is 762 g/mol. The zero-order valence-corrected chi connectivity index (χ0v) is 30.8. The van der Waals surface area contributed by atoms with E-state index in [0.29, 0.717) is 92.5 Å². The first kappa shape index (κ1) is 47.5. The summed E-state index contributed by atoms with van der Waals surface area (Å²) in [5, 5.41) is 16.7. The van der Waals surface area contributed by atoms with Crippen molar-refractivity contribution in [1.29, 1.82) is 0 Å². The molecule has 0 aromatic rings. The van der Waals surface area contributed by atoms with Gasteiger partial charge in [-0.25, -0.2) is 0 Å². The Hall–Kier alpha value is -3.56. The SMILES string of the molecule is COCCOCCOCCOCCOCCOCCOCCOCCNC(=O)CC[C@H](NC(=O)CCCN1C(=O)C=CC1=O)C(=O)NCCCC(=O)O. The highest BCUT2D eigenvalue weighted by Crippen LogP contribution is 2.06. The second-order valence-electron chi connectivity index (χ2n) is 11.3. The topological polar surface area (TPSA) is 236 Å². The van der Waals surface area contributed by atoms with Gasteiger partial charge in [-0.2, -0.15) is 0 Å². The number of carbonyl (C=O) groups excluding carboxylic acids is 5. The van der Waals surface area contributed by atoms with Crippen LogP contribution in [0.25, 0.3) is 0 Å². The molecular formula is C34H58N4O15. The number of nitrogens with one attached hydrogen (secondary N) is 3. The van der Waals surface area contributed by atoms with Crippen LogP contribution in [-0.2, 0) is 66.7 Å². The number of amides is 5. The zero-order valence-electron chi connectivity index (χ0n) is 30.8. The summed E-state index contributed by atoms with van der Waals surface area (Å²) in [6.45, 7) is 6.99. The molecule has 0 bridgehead atoms. The van der Waals surface area contributed by atoms with Gasteiger partial charge in [0.05, 0.1) is 99.1 Å². The molecule has 0 aromatic heterocycles. The molecule has 0 saturated heterocycles. The van der Waals surface area contributed by atoms with Crippen molar-refractivity contribution in [3.05, 3.63) is 12.2 Å². The second kappa shape index (κ2) is 33.0. The van der Waals surface area contributed by atoms with Crippen LogP contribution in [0.4, 0.5) is 0 Å². The van der Waals surface area contributed by atoms with Crippen LogP contribution in [0.2, 0.25) is 0 Å². The van der Waals surface area contributed by atoms with E-state index in [1.165, 1.54) is 0 Å². The number of nitrogens with zero attached hydrogens (tertiary/aromatic N) is 1. The van der Waals surface area contributed by atoms with Gasteiger partial charge in [0.15, 0.2) is 0 Å². The first-order valence-corrected chi connectivity index (χ1v) is 17.9. The molecule has 0 radical (unpaired) electrons. The Morgan fingerprint density at radius 1 is 0.604 bits per heavy atom. The molecule has 53 heavy (non-hydrogen) atoms. The summed E-state index contributed by atoms with van der Waals surface area (Å²) in [7, 11) is 1.62. The lowest BCUT2D eigenvalue weighted by Gasteiger charge is -2.19. The average Bonchev–Trinajstić information content (AvgIpc) is 3.45. The van der Waals surface area contributed by atoms with Crippen LogP contribution >= 0.6 is 0 Å². The van der Waals surface area contributed by atoms with E-state index >= 15 is 0 Å². The third kappa shape index (κ3) is 27.7. The highest BCUT2D eigenvalue weighted by atomic mass is 16.6. The van der Waals surface area contributed by atoms with Gasteiger partial charge in [-0.1, -0.05) is 0 Å². The highest BCUT2D eigenvalue weighted by Gasteiger charge is 2.24. The van der Waals surface area contributed by atoms with Crippen LogP contribution in [0.15, 0.2) is 12.2 Å². The summed E-state index contributed by atoms with van der Waals surface area (Å²) in [6.07, 6.45) is 2.43. The summed E-state index contributed by atoms with van der Waals surface area (Å²) in [4.78, 5) is 72.7. The lowest BCUT2D eigenvalue weighted by Crippen LogP contribution is -2.47. The van der Waals surface area contributed by atoms with Crippen molar-refractivity contribution in [2.24, 2.45) is 0 Å². The molecule has 304 valence electrons. The number of imide groups is 1. The quantitative estimate of drug-likeness (QED) is 0.0431. The molecule has 4 N–H and O–H groups in total. The molecule has 0 spiro atoms. The van der Waals surface area contributed by atoms with Gasteiger partial charge >= 0.3 is 5.97 Å². The highest BCUT2D eigenvalue weighted by molar-refractivity contribution is 6.12. The molecule has 19 heteroatoms. The van der Waals surface area contributed by atoms with E-state index in [1.54, 1.807) is 7.11 Å². The van der Waals surface area contributed by atoms with Gasteiger partial charge in [0.25, 0.3) is 11.8 Å². The smallest absolute Gasteiger partial charge is 0.303 e. The molecule has 1 aliphatic rings. The number of ether oxygens (including phenoxy) is 8. The van der Waals surface area contributed by atoms with Crippen molar-refractivity contribution in [1.82, 2.24) is 20.9 Å². The minimum Gasteiger partial charge on any atom is -0.481 e. The Bertz CT molecular complexity index is 1060. The number of carboxylic acid groups (broad SMARTS) is 1. The number of aliphatic carboxylic acids is 1. The van der Waals surface area contributed by atoms with Gasteiger partial charge in [-0.15, -0.1) is 0 Å². The molecule has 5 amide bonds. The first-order chi connectivity index (χ1) is 25.7. The third-order valence-corrected chi connectivity index (χ3v) is 7.10. The van der Waals surface area contributed by atoms with E-state index < -0.39 is 35.6 Å². The predicted molar refractivity (Wildman–Crippen MR) is 187 cm³/mol. The van der Waals surface area contributed by atoms with Crippen molar-refractivity contribution in [3.8, 4) is 0 Å². The minimum atomic E-state index is -1.04. The fourth-order valence-electron chi connectivity index (χ4n) is 4.35. The Morgan fingerprint density at radius 2 is 1.08 bits per heavy atom. The Labute approximate surface area is 310 Å². The Balaban J connectivity index is 2.06. The van der Waals surface area contributed by atoms with E-state index in [9.17, 15) is 28.8 Å². The van der Waals surface area contributed by atoms with E-state index in [1.807, 2.05) is 0 Å². The van der Waals surface area contributed by atoms with Crippen LogP contribution in [-0.4, -0.2) is 177 Å². The summed E-state index contributed by atoms with van der Waals surface area (Å²) in [5.74, 6) is -3.30. The van der Waals surface area contributed by atoms with Crippen LogP contribution in [0.5, 0.6) is 0 Å². The first-order valence-electron chi connectivity index (χ1n) is 17.9. The lowest BCUT2D eigenvalue weighted by molar-refractivity contribution is -0.138. The van der Waals surface area contributed by atoms with Crippen molar-refractivity contribution in [2.75, 3.05) is 126 Å². The van der Waals surface area contributed by atoms with Gasteiger partial charge in [0, 0.05) is 58.2 Å².